The summed E-state index contributed by atoms with van der Waals surface area (Å²) in [6.07, 6.45) is 0.663. The molecule has 0 spiro atoms. The van der Waals surface area contributed by atoms with Crippen LogP contribution in [0.4, 0.5) is 0 Å². The number of carboxylic acid groups (broad SMARTS) is 1. The van der Waals surface area contributed by atoms with Gasteiger partial charge in [0.25, 0.3) is 0 Å². The molecule has 0 aliphatic heterocycles. The number of aromatic carboxylic acids is 1. The Bertz CT molecular complexity index is 592. The Hall–Kier alpha value is -1.38. The van der Waals surface area contributed by atoms with Crippen LogP contribution in [0.15, 0.2) is 15.4 Å². The number of rotatable bonds is 8. The van der Waals surface area contributed by atoms with Crippen LogP contribution in [0.5, 0.6) is 0 Å². The highest BCUT2D eigenvalue weighted by Crippen LogP contribution is 2.19. The Labute approximate surface area is 125 Å². The summed E-state index contributed by atoms with van der Waals surface area (Å²) in [5, 5.41) is 8.80. The SMILES string of the molecule is Cc1oc(C(=O)O)cc1S(=O)(=O)NCCCN(C)C(C)C. The number of sulfonamides is 1. The molecule has 21 heavy (non-hydrogen) atoms. The highest BCUT2D eigenvalue weighted by Gasteiger charge is 2.23. The molecule has 0 unspecified atom stereocenters. The van der Waals surface area contributed by atoms with E-state index in [0.29, 0.717) is 12.5 Å². The summed E-state index contributed by atoms with van der Waals surface area (Å²) >= 11 is 0. The number of furan rings is 1. The standard InChI is InChI=1S/C13H22N2O5S/c1-9(2)15(4)7-5-6-14-21(18,19)12-8-11(13(16)17)20-10(12)3/h8-9,14H,5-7H2,1-4H3,(H,16,17). The number of aryl methyl sites for hydroxylation is 1. The van der Waals surface area contributed by atoms with Gasteiger partial charge in [-0.15, -0.1) is 0 Å². The molecule has 0 fully saturated rings. The molecule has 2 N–H and O–H groups in total. The zero-order chi connectivity index (χ0) is 16.2. The maximum absolute atomic E-state index is 12.1. The highest BCUT2D eigenvalue weighted by molar-refractivity contribution is 7.89. The van der Waals surface area contributed by atoms with E-state index in [4.69, 9.17) is 9.52 Å². The minimum Gasteiger partial charge on any atom is -0.475 e. The molecule has 1 aromatic rings. The average Bonchev–Trinajstić information content (AvgIpc) is 2.77. The van der Waals surface area contributed by atoms with Crippen LogP contribution in [-0.2, 0) is 10.0 Å². The first kappa shape index (κ1) is 17.7. The fourth-order valence-electron chi connectivity index (χ4n) is 1.71. The van der Waals surface area contributed by atoms with Gasteiger partial charge in [-0.3, -0.25) is 0 Å². The lowest BCUT2D eigenvalue weighted by Crippen LogP contribution is -2.31. The molecular weight excluding hydrogens is 296 g/mol. The molecule has 0 aliphatic carbocycles. The zero-order valence-corrected chi connectivity index (χ0v) is 13.5. The van der Waals surface area contributed by atoms with Gasteiger partial charge < -0.3 is 14.4 Å². The van der Waals surface area contributed by atoms with Crippen LogP contribution in [0.2, 0.25) is 0 Å². The summed E-state index contributed by atoms with van der Waals surface area (Å²) < 4.78 is 31.5. The van der Waals surface area contributed by atoms with Gasteiger partial charge in [0.15, 0.2) is 0 Å². The number of nitrogens with zero attached hydrogens (tertiary/aromatic N) is 1. The third-order valence-electron chi connectivity index (χ3n) is 3.23. The van der Waals surface area contributed by atoms with Gasteiger partial charge in [0.2, 0.25) is 15.8 Å². The summed E-state index contributed by atoms with van der Waals surface area (Å²) in [4.78, 5) is 12.8. The average molecular weight is 318 g/mol. The molecular formula is C13H22N2O5S. The predicted molar refractivity (Wildman–Crippen MR) is 78.0 cm³/mol. The first-order valence-electron chi connectivity index (χ1n) is 6.68. The molecule has 0 bridgehead atoms. The largest absolute Gasteiger partial charge is 0.475 e. The van der Waals surface area contributed by atoms with Crippen LogP contribution in [0.1, 0.15) is 36.6 Å². The van der Waals surface area contributed by atoms with E-state index in [1.54, 1.807) is 0 Å². The van der Waals surface area contributed by atoms with Crippen LogP contribution in [0, 0.1) is 6.92 Å². The van der Waals surface area contributed by atoms with Gasteiger partial charge in [-0.05, 0) is 40.8 Å². The topological polar surface area (TPSA) is 99.8 Å². The van der Waals surface area contributed by atoms with E-state index < -0.39 is 16.0 Å². The smallest absolute Gasteiger partial charge is 0.371 e. The second-order valence-electron chi connectivity index (χ2n) is 5.16. The monoisotopic (exact) mass is 318 g/mol. The van der Waals surface area contributed by atoms with Crippen LogP contribution < -0.4 is 4.72 Å². The Kier molecular flexibility index (Phi) is 5.94. The molecule has 1 rings (SSSR count). The van der Waals surface area contributed by atoms with Crippen LogP contribution in [-0.4, -0.2) is 50.6 Å². The summed E-state index contributed by atoms with van der Waals surface area (Å²) in [5.41, 5.74) is 0. The summed E-state index contributed by atoms with van der Waals surface area (Å²) in [7, 11) is -1.78. The van der Waals surface area contributed by atoms with Gasteiger partial charge in [-0.2, -0.15) is 0 Å². The van der Waals surface area contributed by atoms with Crippen molar-refractivity contribution in [3.8, 4) is 0 Å². The molecule has 0 amide bonds. The van der Waals surface area contributed by atoms with Crippen LogP contribution in [0.25, 0.3) is 0 Å². The van der Waals surface area contributed by atoms with Gasteiger partial charge in [0.1, 0.15) is 10.7 Å². The van der Waals surface area contributed by atoms with Crippen LogP contribution >= 0.6 is 0 Å². The molecule has 0 radical (unpaired) electrons. The molecule has 0 saturated heterocycles. The van der Waals surface area contributed by atoms with E-state index in [1.807, 2.05) is 7.05 Å². The number of hydrogen-bond acceptors (Lipinski definition) is 5. The zero-order valence-electron chi connectivity index (χ0n) is 12.7. The molecule has 0 aromatic carbocycles. The van der Waals surface area contributed by atoms with E-state index in [2.05, 4.69) is 23.5 Å². The molecule has 8 heteroatoms. The van der Waals surface area contributed by atoms with E-state index in [0.717, 1.165) is 12.6 Å². The van der Waals surface area contributed by atoms with Gasteiger partial charge in [-0.1, -0.05) is 0 Å². The third-order valence-corrected chi connectivity index (χ3v) is 4.80. The Balaban J connectivity index is 2.64. The number of nitrogens with one attached hydrogen (secondary N) is 1. The number of carbonyl (C=O) groups is 1. The molecule has 1 aromatic heterocycles. The summed E-state index contributed by atoms with van der Waals surface area (Å²) in [6.45, 7) is 6.60. The number of hydrogen-bond donors (Lipinski definition) is 2. The normalized spacial score (nSPS) is 12.3. The lowest BCUT2D eigenvalue weighted by Gasteiger charge is -2.20. The Morgan fingerprint density at radius 1 is 1.48 bits per heavy atom. The minimum absolute atomic E-state index is 0.0687. The minimum atomic E-state index is -3.75. The first-order valence-corrected chi connectivity index (χ1v) is 8.17. The van der Waals surface area contributed by atoms with Crippen molar-refractivity contribution in [2.24, 2.45) is 0 Å². The lowest BCUT2D eigenvalue weighted by atomic mass is 10.3. The van der Waals surface area contributed by atoms with Crippen molar-refractivity contribution in [3.63, 3.8) is 0 Å². The van der Waals surface area contributed by atoms with E-state index >= 15 is 0 Å². The van der Waals surface area contributed by atoms with Gasteiger partial charge in [0.05, 0.1) is 0 Å². The van der Waals surface area contributed by atoms with Crippen molar-refractivity contribution >= 4 is 16.0 Å². The lowest BCUT2D eigenvalue weighted by molar-refractivity contribution is 0.0661. The fourth-order valence-corrected chi connectivity index (χ4v) is 2.96. The second kappa shape index (κ2) is 7.06. The quantitative estimate of drug-likeness (QED) is 0.701. The Morgan fingerprint density at radius 2 is 2.10 bits per heavy atom. The molecule has 7 nitrogen and oxygen atoms in total. The molecule has 1 heterocycles. The van der Waals surface area contributed by atoms with Gasteiger partial charge in [-0.25, -0.2) is 17.9 Å². The highest BCUT2D eigenvalue weighted by atomic mass is 32.2. The Morgan fingerprint density at radius 3 is 2.57 bits per heavy atom. The molecule has 120 valence electrons. The van der Waals surface area contributed by atoms with Crippen molar-refractivity contribution in [3.05, 3.63) is 17.6 Å². The van der Waals surface area contributed by atoms with E-state index in [9.17, 15) is 13.2 Å². The first-order chi connectivity index (χ1) is 9.65. The predicted octanol–water partition coefficient (Wildman–Crippen LogP) is 1.29. The number of carboxylic acids is 1. The van der Waals surface area contributed by atoms with Crippen molar-refractivity contribution in [2.75, 3.05) is 20.1 Å². The summed E-state index contributed by atoms with van der Waals surface area (Å²) in [5.74, 6) is -1.61. The molecule has 0 saturated carbocycles. The summed E-state index contributed by atoms with van der Waals surface area (Å²) in [6, 6.07) is 1.43. The molecule has 0 aliphatic rings. The van der Waals surface area contributed by atoms with E-state index in [1.165, 1.54) is 6.92 Å². The fraction of sp³-hybridized carbons (Fsp3) is 0.615. The van der Waals surface area contributed by atoms with Crippen molar-refractivity contribution in [1.29, 1.82) is 0 Å². The second-order valence-corrected chi connectivity index (χ2v) is 6.90. The molecule has 0 atom stereocenters. The van der Waals surface area contributed by atoms with Crippen molar-refractivity contribution in [1.82, 2.24) is 9.62 Å². The maximum Gasteiger partial charge on any atom is 0.371 e. The van der Waals surface area contributed by atoms with Gasteiger partial charge in [0, 0.05) is 18.7 Å². The van der Waals surface area contributed by atoms with Crippen LogP contribution in [0.3, 0.4) is 0 Å². The van der Waals surface area contributed by atoms with Gasteiger partial charge >= 0.3 is 5.97 Å². The maximum atomic E-state index is 12.1. The van der Waals surface area contributed by atoms with Crippen molar-refractivity contribution < 1.29 is 22.7 Å². The third kappa shape index (κ3) is 4.83. The van der Waals surface area contributed by atoms with E-state index in [-0.39, 0.29) is 23.0 Å². The van der Waals surface area contributed by atoms with Crippen molar-refractivity contribution in [2.45, 2.75) is 38.1 Å².